The molecule has 0 heterocycles. The predicted octanol–water partition coefficient (Wildman–Crippen LogP) is 2.14. The molecule has 1 aromatic rings. The molecule has 0 spiro atoms. The zero-order chi connectivity index (χ0) is 15.6. The van der Waals surface area contributed by atoms with Crippen molar-refractivity contribution in [3.8, 4) is 0 Å². The predicted molar refractivity (Wildman–Crippen MR) is 78.1 cm³/mol. The van der Waals surface area contributed by atoms with E-state index in [1.807, 2.05) is 0 Å². The molecule has 0 saturated heterocycles. The molecule has 21 heavy (non-hydrogen) atoms. The minimum Gasteiger partial charge on any atom is -0.393 e. The lowest BCUT2D eigenvalue weighted by molar-refractivity contribution is -0.384. The minimum absolute atomic E-state index is 0.0762. The van der Waals surface area contributed by atoms with Crippen LogP contribution in [0.3, 0.4) is 0 Å². The maximum atomic E-state index is 12.4. The molecule has 114 valence electrons. The summed E-state index contributed by atoms with van der Waals surface area (Å²) < 4.78 is 0. The highest BCUT2D eigenvalue weighted by Crippen LogP contribution is 2.26. The Bertz CT molecular complexity index is 559. The highest BCUT2D eigenvalue weighted by Gasteiger charge is 2.28. The van der Waals surface area contributed by atoms with Gasteiger partial charge < -0.3 is 10.0 Å². The van der Waals surface area contributed by atoms with Crippen molar-refractivity contribution >= 4 is 11.6 Å². The van der Waals surface area contributed by atoms with Gasteiger partial charge in [-0.15, -0.1) is 0 Å². The summed E-state index contributed by atoms with van der Waals surface area (Å²) in [5.74, 6) is -0.153. The van der Waals surface area contributed by atoms with E-state index in [4.69, 9.17) is 0 Å². The molecule has 0 radical (unpaired) electrons. The van der Waals surface area contributed by atoms with Crippen LogP contribution in [0.5, 0.6) is 0 Å². The van der Waals surface area contributed by atoms with Gasteiger partial charge in [-0.05, 0) is 31.4 Å². The number of hydrogen-bond acceptors (Lipinski definition) is 4. The van der Waals surface area contributed by atoms with Crippen molar-refractivity contribution in [1.82, 2.24) is 4.90 Å². The molecule has 1 saturated carbocycles. The van der Waals surface area contributed by atoms with Gasteiger partial charge in [0.2, 0.25) is 0 Å². The van der Waals surface area contributed by atoms with Gasteiger partial charge in [-0.3, -0.25) is 14.9 Å². The monoisotopic (exact) mass is 292 g/mol. The molecular weight excluding hydrogens is 272 g/mol. The van der Waals surface area contributed by atoms with Gasteiger partial charge in [0.15, 0.2) is 0 Å². The number of rotatable bonds is 4. The summed E-state index contributed by atoms with van der Waals surface area (Å²) in [6.45, 7) is 2.20. The number of aliphatic hydroxyl groups is 1. The van der Waals surface area contributed by atoms with Gasteiger partial charge in [0.1, 0.15) is 0 Å². The van der Waals surface area contributed by atoms with Gasteiger partial charge in [0, 0.05) is 37.2 Å². The molecule has 1 aliphatic rings. The molecule has 1 N–H and O–H groups in total. The van der Waals surface area contributed by atoms with Crippen LogP contribution in [0, 0.1) is 23.0 Å². The molecule has 6 heteroatoms. The van der Waals surface area contributed by atoms with Gasteiger partial charge >= 0.3 is 0 Å². The van der Waals surface area contributed by atoms with Gasteiger partial charge in [-0.25, -0.2) is 0 Å². The van der Waals surface area contributed by atoms with Crippen LogP contribution in [0.2, 0.25) is 0 Å². The number of non-ortho nitro benzene ring substituents is 1. The fraction of sp³-hybridized carbons (Fsp3) is 0.533. The first-order valence-electron chi connectivity index (χ1n) is 7.08. The number of aryl methyl sites for hydroxylation is 1. The van der Waals surface area contributed by atoms with Crippen LogP contribution in [0.15, 0.2) is 18.2 Å². The minimum atomic E-state index is -0.496. The van der Waals surface area contributed by atoms with Crippen molar-refractivity contribution in [2.24, 2.45) is 5.92 Å². The first-order chi connectivity index (χ1) is 9.88. The quantitative estimate of drug-likeness (QED) is 0.680. The van der Waals surface area contributed by atoms with E-state index in [1.165, 1.54) is 17.0 Å². The zero-order valence-electron chi connectivity index (χ0n) is 12.3. The lowest BCUT2D eigenvalue weighted by Crippen LogP contribution is -2.34. The lowest BCUT2D eigenvalue weighted by Gasteiger charge is -2.23. The normalized spacial score (nSPS) is 21.3. The Balaban J connectivity index is 2.13. The van der Waals surface area contributed by atoms with E-state index in [9.17, 15) is 20.0 Å². The van der Waals surface area contributed by atoms with Crippen molar-refractivity contribution in [2.75, 3.05) is 13.6 Å². The second-order valence-corrected chi connectivity index (χ2v) is 5.76. The maximum absolute atomic E-state index is 12.4. The fourth-order valence-corrected chi connectivity index (χ4v) is 2.88. The number of carbonyl (C=O) groups excluding carboxylic acids is 1. The van der Waals surface area contributed by atoms with Gasteiger partial charge in [0.05, 0.1) is 11.0 Å². The smallest absolute Gasteiger partial charge is 0.270 e. The second kappa shape index (κ2) is 6.22. The van der Waals surface area contributed by atoms with Crippen LogP contribution >= 0.6 is 0 Å². The Kier molecular flexibility index (Phi) is 4.57. The van der Waals surface area contributed by atoms with E-state index in [0.717, 1.165) is 19.3 Å². The van der Waals surface area contributed by atoms with E-state index >= 15 is 0 Å². The SMILES string of the molecule is Cc1cc(C(=O)N(C)CC2CCCC2O)cc([N+](=O)[O-])c1. The van der Waals surface area contributed by atoms with E-state index in [2.05, 4.69) is 0 Å². The van der Waals surface area contributed by atoms with Crippen LogP contribution in [0.1, 0.15) is 35.2 Å². The van der Waals surface area contributed by atoms with Gasteiger partial charge in [0.25, 0.3) is 11.6 Å². The topological polar surface area (TPSA) is 83.7 Å². The number of amides is 1. The van der Waals surface area contributed by atoms with Crippen LogP contribution in [0.4, 0.5) is 5.69 Å². The summed E-state index contributed by atoms with van der Waals surface area (Å²) in [6, 6.07) is 4.39. The van der Waals surface area contributed by atoms with Crippen LogP contribution < -0.4 is 0 Å². The van der Waals surface area contributed by atoms with E-state index in [0.29, 0.717) is 17.7 Å². The molecule has 2 rings (SSSR count). The summed E-state index contributed by atoms with van der Waals surface area (Å²) in [5, 5.41) is 20.7. The Hall–Kier alpha value is -1.95. The Morgan fingerprint density at radius 2 is 2.14 bits per heavy atom. The average molecular weight is 292 g/mol. The number of aliphatic hydroxyl groups excluding tert-OH is 1. The number of carbonyl (C=O) groups is 1. The third-order valence-electron chi connectivity index (χ3n) is 3.99. The molecule has 6 nitrogen and oxygen atoms in total. The highest BCUT2D eigenvalue weighted by molar-refractivity contribution is 5.94. The van der Waals surface area contributed by atoms with Crippen LogP contribution in [0.25, 0.3) is 0 Å². The largest absolute Gasteiger partial charge is 0.393 e. The number of nitro groups is 1. The highest BCUT2D eigenvalue weighted by atomic mass is 16.6. The summed E-state index contributed by atoms with van der Waals surface area (Å²) in [4.78, 5) is 24.3. The lowest BCUT2D eigenvalue weighted by atomic mass is 10.0. The fourth-order valence-electron chi connectivity index (χ4n) is 2.88. The first-order valence-corrected chi connectivity index (χ1v) is 7.08. The third-order valence-corrected chi connectivity index (χ3v) is 3.99. The van der Waals surface area contributed by atoms with Crippen LogP contribution in [-0.2, 0) is 0 Å². The zero-order valence-corrected chi connectivity index (χ0v) is 12.3. The summed E-state index contributed by atoms with van der Waals surface area (Å²) in [7, 11) is 1.67. The number of nitrogens with zero attached hydrogens (tertiary/aromatic N) is 2. The van der Waals surface area contributed by atoms with Gasteiger partial charge in [-0.1, -0.05) is 6.42 Å². The van der Waals surface area contributed by atoms with E-state index < -0.39 is 4.92 Å². The van der Waals surface area contributed by atoms with E-state index in [1.54, 1.807) is 20.0 Å². The van der Waals surface area contributed by atoms with Crippen LogP contribution in [-0.4, -0.2) is 40.5 Å². The standard InChI is InChI=1S/C15H20N2O4/c1-10-6-12(8-13(7-10)17(20)21)15(19)16(2)9-11-4-3-5-14(11)18/h6-8,11,14,18H,3-5,9H2,1-2H3. The number of nitro benzene ring substituents is 1. The van der Waals surface area contributed by atoms with Crippen molar-refractivity contribution in [1.29, 1.82) is 0 Å². The average Bonchev–Trinajstić information content (AvgIpc) is 2.82. The summed E-state index contributed by atoms with van der Waals surface area (Å²) >= 11 is 0. The van der Waals surface area contributed by atoms with Gasteiger partial charge in [-0.2, -0.15) is 0 Å². The molecule has 1 aliphatic carbocycles. The summed E-state index contributed by atoms with van der Waals surface area (Å²) in [6.07, 6.45) is 2.31. The maximum Gasteiger partial charge on any atom is 0.270 e. The van der Waals surface area contributed by atoms with Crippen molar-refractivity contribution in [2.45, 2.75) is 32.3 Å². The molecule has 1 fully saturated rings. The Morgan fingerprint density at radius 1 is 1.43 bits per heavy atom. The summed E-state index contributed by atoms with van der Waals surface area (Å²) in [5.41, 5.74) is 0.922. The number of hydrogen-bond donors (Lipinski definition) is 1. The molecule has 1 aromatic carbocycles. The molecule has 0 bridgehead atoms. The molecular formula is C15H20N2O4. The van der Waals surface area contributed by atoms with Crippen molar-refractivity contribution in [3.63, 3.8) is 0 Å². The Labute approximate surface area is 123 Å². The molecule has 1 amide bonds. The Morgan fingerprint density at radius 3 is 2.71 bits per heavy atom. The number of benzene rings is 1. The van der Waals surface area contributed by atoms with E-state index in [-0.39, 0.29) is 23.6 Å². The van der Waals surface area contributed by atoms with Crippen molar-refractivity contribution < 1.29 is 14.8 Å². The first kappa shape index (κ1) is 15.4. The molecule has 2 atom stereocenters. The third kappa shape index (κ3) is 3.58. The second-order valence-electron chi connectivity index (χ2n) is 5.76. The van der Waals surface area contributed by atoms with Crippen molar-refractivity contribution in [3.05, 3.63) is 39.4 Å². The molecule has 2 unspecified atom stereocenters. The molecule has 0 aromatic heterocycles. The molecule has 0 aliphatic heterocycles.